The van der Waals surface area contributed by atoms with Crippen LogP contribution in [0.2, 0.25) is 0 Å². The maximum absolute atomic E-state index is 13.2. The number of para-hydroxylation sites is 1. The first-order valence-corrected chi connectivity index (χ1v) is 12.9. The zero-order valence-corrected chi connectivity index (χ0v) is 22.1. The average molecular weight is 574 g/mol. The van der Waals surface area contributed by atoms with Crippen molar-refractivity contribution in [2.75, 3.05) is 13.3 Å². The maximum Gasteiger partial charge on any atom is 0.435 e. The molecule has 212 valence electrons. The molecule has 1 N–H and O–H groups in total. The second-order valence-corrected chi connectivity index (χ2v) is 9.33. The molecule has 10 nitrogen and oxygen atoms in total. The Kier molecular flexibility index (Phi) is 6.77. The Morgan fingerprint density at radius 2 is 1.86 bits per heavy atom. The number of benzene rings is 3. The van der Waals surface area contributed by atoms with Crippen molar-refractivity contribution in [1.29, 1.82) is 0 Å². The number of ether oxygens (including phenoxy) is 1. The van der Waals surface area contributed by atoms with E-state index in [4.69, 9.17) is 4.74 Å². The van der Waals surface area contributed by atoms with Gasteiger partial charge < -0.3 is 9.84 Å². The topological polar surface area (TPSA) is 119 Å². The van der Waals surface area contributed by atoms with E-state index in [9.17, 15) is 23.1 Å². The molecule has 42 heavy (non-hydrogen) atoms. The number of aliphatic imine (C=N–C) groups is 1. The van der Waals surface area contributed by atoms with Gasteiger partial charge in [0.2, 0.25) is 0 Å². The number of alkyl halides is 3. The van der Waals surface area contributed by atoms with Crippen molar-refractivity contribution >= 4 is 22.8 Å². The predicted octanol–water partition coefficient (Wildman–Crippen LogP) is 6.22. The first-order valence-electron chi connectivity index (χ1n) is 12.9. The fraction of sp³-hybridized carbons (Fsp3) is 0.172. The summed E-state index contributed by atoms with van der Waals surface area (Å²) in [7, 11) is 0. The van der Waals surface area contributed by atoms with E-state index >= 15 is 0 Å². The summed E-state index contributed by atoms with van der Waals surface area (Å²) in [6, 6.07) is 18.7. The highest BCUT2D eigenvalue weighted by atomic mass is 19.4. The molecule has 0 bridgehead atoms. The Labute approximate surface area is 236 Å². The van der Waals surface area contributed by atoms with Gasteiger partial charge in [-0.2, -0.15) is 28.4 Å². The highest BCUT2D eigenvalue weighted by Gasteiger charge is 2.33. The summed E-state index contributed by atoms with van der Waals surface area (Å²) >= 11 is 0. The monoisotopic (exact) mass is 573 g/mol. The Morgan fingerprint density at radius 1 is 1.05 bits per heavy atom. The van der Waals surface area contributed by atoms with Crippen LogP contribution in [0.3, 0.4) is 0 Å². The van der Waals surface area contributed by atoms with Crippen molar-refractivity contribution in [1.82, 2.24) is 19.3 Å². The number of nitrogens with zero attached hydrogens (tertiary/aromatic N) is 7. The standard InChI is InChI=1S/C29H22F3N7O3/c1-2-42-28-35-23-5-3-4-21(27(40)41)25(23)38(28)15-17-6-8-18(9-7-17)22-14-19(10-11-20(22)26-33-16-34-36-26)39-13-12-24(37-39)29(30,31)32/h3-14H,2,15-16H2,1H3,(H,40,41). The molecule has 1 aliphatic heterocycles. The molecule has 5 aromatic rings. The molecule has 0 atom stereocenters. The first-order chi connectivity index (χ1) is 20.2. The highest BCUT2D eigenvalue weighted by Crippen LogP contribution is 2.32. The van der Waals surface area contributed by atoms with E-state index in [0.29, 0.717) is 46.3 Å². The molecular weight excluding hydrogens is 551 g/mol. The van der Waals surface area contributed by atoms with E-state index in [0.717, 1.165) is 17.2 Å². The second-order valence-electron chi connectivity index (χ2n) is 9.33. The summed E-state index contributed by atoms with van der Waals surface area (Å²) in [6.07, 6.45) is -3.30. The maximum atomic E-state index is 13.2. The van der Waals surface area contributed by atoms with Gasteiger partial charge in [0.25, 0.3) is 6.01 Å². The number of hydrogen-bond donors (Lipinski definition) is 1. The molecule has 13 heteroatoms. The fourth-order valence-corrected chi connectivity index (χ4v) is 4.79. The minimum Gasteiger partial charge on any atom is -0.478 e. The second kappa shape index (κ2) is 10.6. The van der Waals surface area contributed by atoms with Crippen molar-refractivity contribution in [3.63, 3.8) is 0 Å². The summed E-state index contributed by atoms with van der Waals surface area (Å²) in [6.45, 7) is 2.66. The Bertz CT molecular complexity index is 1870. The third-order valence-corrected chi connectivity index (χ3v) is 6.68. The van der Waals surface area contributed by atoms with Gasteiger partial charge >= 0.3 is 12.1 Å². The Morgan fingerprint density at radius 3 is 2.52 bits per heavy atom. The van der Waals surface area contributed by atoms with Gasteiger partial charge in [-0.15, -0.1) is 5.11 Å². The number of carboxylic acid groups (broad SMARTS) is 1. The molecular formula is C29H22F3N7O3. The van der Waals surface area contributed by atoms with Crippen LogP contribution in [0.25, 0.3) is 27.8 Å². The van der Waals surface area contributed by atoms with Crippen molar-refractivity contribution in [2.45, 2.75) is 19.6 Å². The number of halogens is 3. The average Bonchev–Trinajstić information content (AvgIpc) is 3.74. The summed E-state index contributed by atoms with van der Waals surface area (Å²) in [5, 5.41) is 21.5. The third-order valence-electron chi connectivity index (χ3n) is 6.68. The van der Waals surface area contributed by atoms with Crippen LogP contribution in [-0.2, 0) is 12.7 Å². The molecule has 3 aromatic carbocycles. The normalized spacial score (nSPS) is 13.1. The molecule has 0 amide bonds. The number of imidazole rings is 1. The quantitative estimate of drug-likeness (QED) is 0.236. The van der Waals surface area contributed by atoms with E-state index in [2.05, 4.69) is 25.3 Å². The molecule has 0 saturated carbocycles. The van der Waals surface area contributed by atoms with Crippen LogP contribution in [0.1, 0.15) is 34.1 Å². The number of carbonyl (C=O) groups is 1. The van der Waals surface area contributed by atoms with Crippen LogP contribution in [0.15, 0.2) is 88.1 Å². The molecule has 0 saturated heterocycles. The van der Waals surface area contributed by atoms with Crippen LogP contribution in [0.5, 0.6) is 6.01 Å². The number of aromatic carboxylic acids is 1. The number of hydrogen-bond acceptors (Lipinski definition) is 7. The largest absolute Gasteiger partial charge is 0.478 e. The van der Waals surface area contributed by atoms with Crippen LogP contribution in [0.4, 0.5) is 13.2 Å². The smallest absolute Gasteiger partial charge is 0.435 e. The molecule has 6 rings (SSSR count). The number of aromatic nitrogens is 4. The number of amidine groups is 1. The predicted molar refractivity (Wildman–Crippen MR) is 147 cm³/mol. The number of rotatable bonds is 8. The van der Waals surface area contributed by atoms with Crippen molar-refractivity contribution in [2.24, 2.45) is 15.2 Å². The number of carboxylic acids is 1. The highest BCUT2D eigenvalue weighted by molar-refractivity contribution is 6.05. The van der Waals surface area contributed by atoms with E-state index in [-0.39, 0.29) is 18.8 Å². The lowest BCUT2D eigenvalue weighted by Gasteiger charge is -2.13. The Hall–Kier alpha value is -5.33. The molecule has 0 fully saturated rings. The van der Waals surface area contributed by atoms with Crippen molar-refractivity contribution in [3.8, 4) is 22.8 Å². The fourth-order valence-electron chi connectivity index (χ4n) is 4.79. The van der Waals surface area contributed by atoms with Gasteiger partial charge in [0, 0.05) is 11.8 Å². The molecule has 1 aliphatic rings. The molecule has 0 spiro atoms. The summed E-state index contributed by atoms with van der Waals surface area (Å²) in [4.78, 5) is 20.7. The molecule has 0 radical (unpaired) electrons. The summed E-state index contributed by atoms with van der Waals surface area (Å²) < 4.78 is 48.1. The van der Waals surface area contributed by atoms with Gasteiger partial charge in [-0.1, -0.05) is 30.3 Å². The van der Waals surface area contributed by atoms with Gasteiger partial charge in [-0.05, 0) is 60.0 Å². The molecule has 3 heterocycles. The lowest BCUT2D eigenvalue weighted by molar-refractivity contribution is -0.141. The minimum atomic E-state index is -4.56. The lowest BCUT2D eigenvalue weighted by Crippen LogP contribution is -2.08. The van der Waals surface area contributed by atoms with Crippen LogP contribution in [0, 0.1) is 0 Å². The summed E-state index contributed by atoms with van der Waals surface area (Å²) in [5.74, 6) is -0.649. The van der Waals surface area contributed by atoms with E-state index in [1.807, 2.05) is 31.2 Å². The molecule has 2 aromatic heterocycles. The van der Waals surface area contributed by atoms with Gasteiger partial charge in [0.15, 0.2) is 18.2 Å². The van der Waals surface area contributed by atoms with Crippen molar-refractivity contribution < 1.29 is 27.8 Å². The number of azo groups is 1. The lowest BCUT2D eigenvalue weighted by atomic mass is 9.97. The SMILES string of the molecule is CCOc1nc2cccc(C(=O)O)c2n1Cc1ccc(-c2cc(-n3ccc(C(F)(F)F)n3)ccc2C2=NCN=N2)cc1. The van der Waals surface area contributed by atoms with Crippen LogP contribution in [-0.4, -0.2) is 49.5 Å². The van der Waals surface area contributed by atoms with Gasteiger partial charge in [-0.3, -0.25) is 4.57 Å². The van der Waals surface area contributed by atoms with Crippen LogP contribution >= 0.6 is 0 Å². The van der Waals surface area contributed by atoms with Crippen LogP contribution < -0.4 is 4.74 Å². The third kappa shape index (κ3) is 5.00. The van der Waals surface area contributed by atoms with Gasteiger partial charge in [0.05, 0.1) is 35.4 Å². The molecule has 0 aliphatic carbocycles. The van der Waals surface area contributed by atoms with E-state index < -0.39 is 17.8 Å². The Balaban J connectivity index is 1.39. The zero-order chi connectivity index (χ0) is 29.4. The van der Waals surface area contributed by atoms with Crippen molar-refractivity contribution in [3.05, 3.63) is 95.3 Å². The minimum absolute atomic E-state index is 0.114. The number of fused-ring (bicyclic) bond motifs is 1. The summed E-state index contributed by atoms with van der Waals surface area (Å²) in [5.41, 5.74) is 3.46. The molecule has 0 unspecified atom stereocenters. The first kappa shape index (κ1) is 26.9. The van der Waals surface area contributed by atoms with E-state index in [1.165, 1.54) is 16.9 Å². The zero-order valence-electron chi connectivity index (χ0n) is 22.1. The van der Waals surface area contributed by atoms with Gasteiger partial charge in [-0.25, -0.2) is 14.5 Å². The van der Waals surface area contributed by atoms with Gasteiger partial charge in [0.1, 0.15) is 0 Å². The van der Waals surface area contributed by atoms with E-state index in [1.54, 1.807) is 34.9 Å².